The maximum atomic E-state index is 6.36. The Balaban J connectivity index is 5.47. The zero-order chi connectivity index (χ0) is 16.7. The zero-order valence-electron chi connectivity index (χ0n) is 15.0. The highest BCUT2D eigenvalue weighted by Gasteiger charge is 2.40. The summed E-state index contributed by atoms with van der Waals surface area (Å²) in [5.41, 5.74) is 1.00. The molecule has 0 aromatic carbocycles. The molecule has 0 aromatic rings. The summed E-state index contributed by atoms with van der Waals surface area (Å²) in [5, 5.41) is 0.136. The largest absolute Gasteiger partial charge is 0.518 e. The minimum Gasteiger partial charge on any atom is -0.518 e. The van der Waals surface area contributed by atoms with Crippen LogP contribution in [-0.4, -0.2) is 32.9 Å². The van der Waals surface area contributed by atoms with Crippen LogP contribution >= 0.6 is 0 Å². The van der Waals surface area contributed by atoms with Crippen LogP contribution in [0.1, 0.15) is 34.6 Å². The van der Waals surface area contributed by atoms with Crippen molar-refractivity contribution in [3.05, 3.63) is 37.0 Å². The predicted octanol–water partition coefficient (Wildman–Crippen LogP) is 4.91. The number of ether oxygens (including phenoxy) is 1. The summed E-state index contributed by atoms with van der Waals surface area (Å²) >= 11 is 0. The van der Waals surface area contributed by atoms with Gasteiger partial charge in [-0.3, -0.25) is 0 Å². The Morgan fingerprint density at radius 2 is 1.62 bits per heavy atom. The molecule has 0 saturated carbocycles. The first-order valence-electron chi connectivity index (χ1n) is 7.60. The van der Waals surface area contributed by atoms with Gasteiger partial charge in [-0.2, -0.15) is 0 Å². The van der Waals surface area contributed by atoms with Crippen LogP contribution in [0.5, 0.6) is 0 Å². The van der Waals surface area contributed by atoms with Crippen LogP contribution in [0.2, 0.25) is 18.1 Å². The SMILES string of the molecule is C=CCN(CC=C)/C(C)=C(\OCC)O[Si](C)(C)C(C)(C)C. The number of rotatable bonds is 9. The molecule has 0 unspecified atom stereocenters. The topological polar surface area (TPSA) is 21.7 Å². The van der Waals surface area contributed by atoms with Crippen molar-refractivity contribution in [3.63, 3.8) is 0 Å². The summed E-state index contributed by atoms with van der Waals surface area (Å²) in [6, 6.07) is 0. The Morgan fingerprint density at radius 1 is 1.14 bits per heavy atom. The van der Waals surface area contributed by atoms with Gasteiger partial charge in [-0.1, -0.05) is 32.9 Å². The Kier molecular flexibility index (Phi) is 7.86. The monoisotopic (exact) mass is 311 g/mol. The Morgan fingerprint density at radius 3 is 1.95 bits per heavy atom. The van der Waals surface area contributed by atoms with E-state index >= 15 is 0 Å². The van der Waals surface area contributed by atoms with Gasteiger partial charge < -0.3 is 14.1 Å². The molecule has 0 rings (SSSR count). The van der Waals surface area contributed by atoms with Crippen molar-refractivity contribution in [1.82, 2.24) is 4.90 Å². The van der Waals surface area contributed by atoms with Crippen molar-refractivity contribution in [2.24, 2.45) is 0 Å². The summed E-state index contributed by atoms with van der Waals surface area (Å²) in [7, 11) is -1.92. The predicted molar refractivity (Wildman–Crippen MR) is 94.6 cm³/mol. The summed E-state index contributed by atoms with van der Waals surface area (Å²) < 4.78 is 12.2. The van der Waals surface area contributed by atoms with Gasteiger partial charge in [0.25, 0.3) is 14.3 Å². The molecule has 4 heteroatoms. The molecule has 0 atom stereocenters. The van der Waals surface area contributed by atoms with Crippen molar-refractivity contribution in [1.29, 1.82) is 0 Å². The molecule has 122 valence electrons. The summed E-state index contributed by atoms with van der Waals surface area (Å²) in [6.45, 7) is 24.9. The highest BCUT2D eigenvalue weighted by Crippen LogP contribution is 2.38. The fourth-order valence-corrected chi connectivity index (χ4v) is 2.49. The molecule has 0 heterocycles. The van der Waals surface area contributed by atoms with Crippen molar-refractivity contribution in [2.75, 3.05) is 19.7 Å². The van der Waals surface area contributed by atoms with Gasteiger partial charge in [-0.15, -0.1) is 13.2 Å². The van der Waals surface area contributed by atoms with E-state index in [9.17, 15) is 0 Å². The first-order valence-corrected chi connectivity index (χ1v) is 10.5. The molecule has 0 bridgehead atoms. The maximum Gasteiger partial charge on any atom is 0.285 e. The minimum atomic E-state index is -1.92. The number of hydrogen-bond donors (Lipinski definition) is 0. The van der Waals surface area contributed by atoms with Crippen LogP contribution in [0, 0.1) is 0 Å². The lowest BCUT2D eigenvalue weighted by molar-refractivity contribution is 0.0933. The lowest BCUT2D eigenvalue weighted by Gasteiger charge is -2.38. The van der Waals surface area contributed by atoms with Gasteiger partial charge in [0, 0.05) is 13.1 Å². The molecular weight excluding hydrogens is 278 g/mol. The molecule has 0 saturated heterocycles. The third-order valence-corrected chi connectivity index (χ3v) is 8.21. The lowest BCUT2D eigenvalue weighted by Crippen LogP contribution is -2.41. The van der Waals surface area contributed by atoms with Crippen molar-refractivity contribution in [3.8, 4) is 0 Å². The van der Waals surface area contributed by atoms with Crippen LogP contribution < -0.4 is 0 Å². The second-order valence-corrected chi connectivity index (χ2v) is 11.4. The van der Waals surface area contributed by atoms with Crippen molar-refractivity contribution < 1.29 is 9.16 Å². The Hall–Kier alpha value is -1.16. The van der Waals surface area contributed by atoms with Gasteiger partial charge in [0.05, 0.1) is 12.3 Å². The smallest absolute Gasteiger partial charge is 0.285 e. The molecule has 0 amide bonds. The summed E-state index contributed by atoms with van der Waals surface area (Å²) in [4.78, 5) is 2.15. The first-order chi connectivity index (χ1) is 9.60. The number of nitrogens with zero attached hydrogens (tertiary/aromatic N) is 1. The molecule has 0 aliphatic rings. The van der Waals surface area contributed by atoms with E-state index in [4.69, 9.17) is 9.16 Å². The summed E-state index contributed by atoms with van der Waals surface area (Å²) in [5.74, 6) is 0.646. The molecule has 0 radical (unpaired) electrons. The lowest BCUT2D eigenvalue weighted by atomic mass is 10.2. The summed E-state index contributed by atoms with van der Waals surface area (Å²) in [6.07, 6.45) is 3.76. The van der Waals surface area contributed by atoms with Gasteiger partial charge in [0.1, 0.15) is 0 Å². The number of hydrogen-bond acceptors (Lipinski definition) is 3. The van der Waals surface area contributed by atoms with Crippen LogP contribution in [0.4, 0.5) is 0 Å². The number of allylic oxidation sites excluding steroid dienone is 1. The molecule has 0 aliphatic carbocycles. The molecule has 0 spiro atoms. The Bertz CT molecular complexity index is 371. The molecule has 21 heavy (non-hydrogen) atoms. The van der Waals surface area contributed by atoms with Gasteiger partial charge >= 0.3 is 0 Å². The van der Waals surface area contributed by atoms with E-state index < -0.39 is 8.32 Å². The van der Waals surface area contributed by atoms with Crippen molar-refractivity contribution in [2.45, 2.75) is 52.8 Å². The van der Waals surface area contributed by atoms with Gasteiger partial charge in [0.2, 0.25) is 0 Å². The third-order valence-electron chi connectivity index (χ3n) is 3.90. The highest BCUT2D eigenvalue weighted by atomic mass is 28.4. The normalized spacial score (nSPS) is 13.3. The highest BCUT2D eigenvalue weighted by molar-refractivity contribution is 6.74. The van der Waals surface area contributed by atoms with Gasteiger partial charge in [-0.05, 0) is 32.0 Å². The van der Waals surface area contributed by atoms with E-state index in [-0.39, 0.29) is 5.04 Å². The second kappa shape index (κ2) is 8.32. The molecule has 0 fully saturated rings. The van der Waals surface area contributed by atoms with Crippen LogP contribution in [0.15, 0.2) is 37.0 Å². The molecule has 0 aromatic heterocycles. The van der Waals surface area contributed by atoms with Gasteiger partial charge in [-0.25, -0.2) is 0 Å². The van der Waals surface area contributed by atoms with E-state index in [1.165, 1.54) is 0 Å². The van der Waals surface area contributed by atoms with E-state index in [0.29, 0.717) is 12.6 Å². The Labute approximate surface area is 132 Å². The van der Waals surface area contributed by atoms with Crippen LogP contribution in [-0.2, 0) is 9.16 Å². The van der Waals surface area contributed by atoms with E-state index in [1.807, 2.05) is 26.0 Å². The van der Waals surface area contributed by atoms with Crippen LogP contribution in [0.3, 0.4) is 0 Å². The van der Waals surface area contributed by atoms with E-state index in [1.54, 1.807) is 0 Å². The molecular formula is C17H33NO2Si. The maximum absolute atomic E-state index is 6.36. The molecule has 0 aliphatic heterocycles. The first kappa shape index (κ1) is 19.8. The minimum absolute atomic E-state index is 0.136. The third kappa shape index (κ3) is 6.00. The zero-order valence-corrected chi connectivity index (χ0v) is 16.0. The van der Waals surface area contributed by atoms with E-state index in [2.05, 4.69) is 51.9 Å². The van der Waals surface area contributed by atoms with Crippen molar-refractivity contribution >= 4 is 8.32 Å². The second-order valence-electron chi connectivity index (χ2n) is 6.65. The van der Waals surface area contributed by atoms with E-state index in [0.717, 1.165) is 18.8 Å². The average Bonchev–Trinajstić information content (AvgIpc) is 2.35. The standard InChI is InChI=1S/C17H33NO2Si/c1-10-13-18(14-11-2)15(4)16(19-12-3)20-21(8,9)17(5,6)7/h10-11H,1-2,12-14H2,3-9H3/b16-15+. The van der Waals surface area contributed by atoms with Crippen LogP contribution in [0.25, 0.3) is 0 Å². The molecule has 3 nitrogen and oxygen atoms in total. The fourth-order valence-electron chi connectivity index (χ4n) is 1.51. The average molecular weight is 312 g/mol. The van der Waals surface area contributed by atoms with Gasteiger partial charge in [0.15, 0.2) is 0 Å². The fraction of sp³-hybridized carbons (Fsp3) is 0.647. The quantitative estimate of drug-likeness (QED) is 0.343. The molecule has 0 N–H and O–H groups in total.